The van der Waals surface area contributed by atoms with E-state index < -0.39 is 10.8 Å². The maximum absolute atomic E-state index is 12.5. The van der Waals surface area contributed by atoms with Crippen LogP contribution in [0.25, 0.3) is 0 Å². The van der Waals surface area contributed by atoms with Gasteiger partial charge >= 0.3 is 0 Å². The number of nitrogens with one attached hydrogen (secondary N) is 1. The number of nitro groups is 1. The van der Waals surface area contributed by atoms with E-state index in [0.29, 0.717) is 5.02 Å². The molecule has 1 N–H and O–H groups in total. The van der Waals surface area contributed by atoms with E-state index in [4.69, 9.17) is 11.6 Å². The van der Waals surface area contributed by atoms with Gasteiger partial charge in [-0.25, -0.2) is 0 Å². The Balaban J connectivity index is 1.89. The lowest BCUT2D eigenvalue weighted by Gasteiger charge is -2.26. The van der Waals surface area contributed by atoms with Crippen molar-refractivity contribution < 1.29 is 9.72 Å². The maximum atomic E-state index is 12.5. The Hall–Kier alpha value is -2.40. The molecule has 0 fully saturated rings. The fraction of sp³-hybridized carbons (Fsp3) is 0.235. The lowest BCUT2D eigenvalue weighted by molar-refractivity contribution is -0.385. The van der Waals surface area contributed by atoms with E-state index in [1.165, 1.54) is 23.8 Å². The van der Waals surface area contributed by atoms with Gasteiger partial charge in [0.15, 0.2) is 0 Å². The summed E-state index contributed by atoms with van der Waals surface area (Å²) in [5.74, 6) is -0.471. The summed E-state index contributed by atoms with van der Waals surface area (Å²) in [4.78, 5) is 23.1. The van der Waals surface area contributed by atoms with Gasteiger partial charge in [-0.15, -0.1) is 0 Å². The van der Waals surface area contributed by atoms with Crippen LogP contribution in [0.5, 0.6) is 0 Å². The van der Waals surface area contributed by atoms with Crippen molar-refractivity contribution in [2.75, 3.05) is 0 Å². The SMILES string of the molecule is O=C(NC1CCCc2ccccc21)c1cc(Cl)ccc1[N+](=O)[O-]. The Labute approximate surface area is 138 Å². The molecule has 0 saturated carbocycles. The average Bonchev–Trinajstić information content (AvgIpc) is 2.54. The van der Waals surface area contributed by atoms with E-state index >= 15 is 0 Å². The van der Waals surface area contributed by atoms with Crippen LogP contribution in [0, 0.1) is 10.1 Å². The molecule has 1 unspecified atom stereocenters. The normalized spacial score (nSPS) is 16.5. The minimum Gasteiger partial charge on any atom is -0.345 e. The molecule has 23 heavy (non-hydrogen) atoms. The van der Waals surface area contributed by atoms with E-state index in [1.54, 1.807) is 0 Å². The molecule has 0 heterocycles. The molecule has 2 aromatic carbocycles. The summed E-state index contributed by atoms with van der Waals surface area (Å²) < 4.78 is 0. The number of nitro benzene ring substituents is 1. The number of rotatable bonds is 3. The molecular formula is C17H15ClN2O3. The molecule has 0 saturated heterocycles. The van der Waals surface area contributed by atoms with Gasteiger partial charge < -0.3 is 5.32 Å². The fourth-order valence-corrected chi connectivity index (χ4v) is 3.16. The van der Waals surface area contributed by atoms with Crippen LogP contribution in [-0.4, -0.2) is 10.8 Å². The molecule has 1 aliphatic carbocycles. The molecule has 0 radical (unpaired) electrons. The monoisotopic (exact) mass is 330 g/mol. The highest BCUT2D eigenvalue weighted by atomic mass is 35.5. The third-order valence-electron chi connectivity index (χ3n) is 4.07. The zero-order valence-corrected chi connectivity index (χ0v) is 13.0. The number of hydrogen-bond acceptors (Lipinski definition) is 3. The number of amides is 1. The van der Waals surface area contributed by atoms with Crippen molar-refractivity contribution in [3.63, 3.8) is 0 Å². The Kier molecular flexibility index (Phi) is 4.30. The van der Waals surface area contributed by atoms with Crippen LogP contribution in [-0.2, 0) is 6.42 Å². The lowest BCUT2D eigenvalue weighted by atomic mass is 9.87. The van der Waals surface area contributed by atoms with Crippen molar-refractivity contribution in [2.24, 2.45) is 0 Å². The van der Waals surface area contributed by atoms with Gasteiger partial charge in [-0.2, -0.15) is 0 Å². The number of fused-ring (bicyclic) bond motifs is 1. The number of aryl methyl sites for hydroxylation is 1. The van der Waals surface area contributed by atoms with Crippen molar-refractivity contribution in [3.8, 4) is 0 Å². The number of hydrogen-bond donors (Lipinski definition) is 1. The number of carbonyl (C=O) groups excluding carboxylic acids is 1. The Morgan fingerprint density at radius 1 is 1.26 bits per heavy atom. The van der Waals surface area contributed by atoms with Crippen molar-refractivity contribution >= 4 is 23.2 Å². The molecule has 1 aliphatic rings. The van der Waals surface area contributed by atoms with E-state index in [0.717, 1.165) is 24.8 Å². The highest BCUT2D eigenvalue weighted by molar-refractivity contribution is 6.31. The minimum absolute atomic E-state index is 0.00875. The van der Waals surface area contributed by atoms with Gasteiger partial charge in [0, 0.05) is 11.1 Å². The molecule has 1 amide bonds. The van der Waals surface area contributed by atoms with Crippen LogP contribution in [0.4, 0.5) is 5.69 Å². The summed E-state index contributed by atoms with van der Waals surface area (Å²) in [6.45, 7) is 0. The van der Waals surface area contributed by atoms with Gasteiger partial charge in [0.25, 0.3) is 11.6 Å². The summed E-state index contributed by atoms with van der Waals surface area (Å²) in [5.41, 5.74) is 2.04. The molecular weight excluding hydrogens is 316 g/mol. The highest BCUT2D eigenvalue weighted by Crippen LogP contribution is 2.30. The third kappa shape index (κ3) is 3.19. The van der Waals surface area contributed by atoms with Gasteiger partial charge in [-0.05, 0) is 42.5 Å². The van der Waals surface area contributed by atoms with Gasteiger partial charge in [-0.3, -0.25) is 14.9 Å². The second kappa shape index (κ2) is 6.38. The minimum atomic E-state index is -0.569. The molecule has 118 valence electrons. The van der Waals surface area contributed by atoms with Gasteiger partial charge in [0.1, 0.15) is 5.56 Å². The van der Waals surface area contributed by atoms with E-state index in [9.17, 15) is 14.9 Å². The first-order valence-electron chi connectivity index (χ1n) is 7.39. The lowest BCUT2D eigenvalue weighted by Crippen LogP contribution is -2.31. The first kappa shape index (κ1) is 15.5. The largest absolute Gasteiger partial charge is 0.345 e. The predicted octanol–water partition coefficient (Wildman–Crippen LogP) is 4.06. The van der Waals surface area contributed by atoms with Crippen LogP contribution in [0.1, 0.15) is 40.4 Å². The number of halogens is 1. The summed E-state index contributed by atoms with van der Waals surface area (Å²) in [5, 5.41) is 14.3. The summed E-state index contributed by atoms with van der Waals surface area (Å²) in [6, 6.07) is 11.8. The van der Waals surface area contributed by atoms with Crippen LogP contribution >= 0.6 is 11.6 Å². The summed E-state index contributed by atoms with van der Waals surface area (Å²) >= 11 is 5.89. The van der Waals surface area contributed by atoms with Crippen LogP contribution in [0.15, 0.2) is 42.5 Å². The Bertz CT molecular complexity index is 776. The van der Waals surface area contributed by atoms with E-state index in [2.05, 4.69) is 11.4 Å². The first-order valence-corrected chi connectivity index (χ1v) is 7.76. The van der Waals surface area contributed by atoms with Crippen LogP contribution < -0.4 is 5.32 Å². The van der Waals surface area contributed by atoms with Crippen molar-refractivity contribution in [1.82, 2.24) is 5.32 Å². The van der Waals surface area contributed by atoms with Crippen LogP contribution in [0.2, 0.25) is 5.02 Å². The molecule has 5 nitrogen and oxygen atoms in total. The van der Waals surface area contributed by atoms with E-state index in [-0.39, 0.29) is 17.3 Å². The van der Waals surface area contributed by atoms with Gasteiger partial charge in [0.2, 0.25) is 0 Å². The van der Waals surface area contributed by atoms with Crippen molar-refractivity contribution in [2.45, 2.75) is 25.3 Å². The molecule has 2 aromatic rings. The standard InChI is InChI=1S/C17H15ClN2O3/c18-12-8-9-16(20(22)23)14(10-12)17(21)19-15-7-3-5-11-4-1-2-6-13(11)15/h1-2,4,6,8-10,15H,3,5,7H2,(H,19,21). The molecule has 1 atom stereocenters. The number of benzene rings is 2. The predicted molar refractivity (Wildman–Crippen MR) is 87.7 cm³/mol. The van der Waals surface area contributed by atoms with Crippen molar-refractivity contribution in [1.29, 1.82) is 0 Å². The molecule has 6 heteroatoms. The summed E-state index contributed by atoms with van der Waals surface area (Å²) in [7, 11) is 0. The molecule has 0 aromatic heterocycles. The van der Waals surface area contributed by atoms with Crippen molar-refractivity contribution in [3.05, 3.63) is 74.3 Å². The Morgan fingerprint density at radius 2 is 2.04 bits per heavy atom. The fourth-order valence-electron chi connectivity index (χ4n) is 2.99. The third-order valence-corrected chi connectivity index (χ3v) is 4.31. The topological polar surface area (TPSA) is 72.2 Å². The average molecular weight is 331 g/mol. The second-order valence-electron chi connectivity index (χ2n) is 5.54. The number of nitrogens with zero attached hydrogens (tertiary/aromatic N) is 1. The summed E-state index contributed by atoms with van der Waals surface area (Å²) in [6.07, 6.45) is 2.77. The molecule has 0 aliphatic heterocycles. The smallest absolute Gasteiger partial charge is 0.282 e. The molecule has 3 rings (SSSR count). The molecule has 0 spiro atoms. The second-order valence-corrected chi connectivity index (χ2v) is 5.97. The highest BCUT2D eigenvalue weighted by Gasteiger charge is 2.25. The zero-order chi connectivity index (χ0) is 16.4. The zero-order valence-electron chi connectivity index (χ0n) is 12.3. The van der Waals surface area contributed by atoms with Crippen LogP contribution in [0.3, 0.4) is 0 Å². The van der Waals surface area contributed by atoms with Gasteiger partial charge in [-0.1, -0.05) is 35.9 Å². The Morgan fingerprint density at radius 3 is 2.83 bits per heavy atom. The quantitative estimate of drug-likeness (QED) is 0.681. The maximum Gasteiger partial charge on any atom is 0.282 e. The van der Waals surface area contributed by atoms with E-state index in [1.807, 2.05) is 18.2 Å². The molecule has 0 bridgehead atoms. The number of carbonyl (C=O) groups is 1. The first-order chi connectivity index (χ1) is 11.1. The van der Waals surface area contributed by atoms with Gasteiger partial charge in [0.05, 0.1) is 11.0 Å².